The van der Waals surface area contributed by atoms with Gasteiger partial charge >= 0.3 is 5.97 Å². The molecule has 0 aliphatic rings. The Hall–Kier alpha value is -1.34. The predicted octanol–water partition coefficient (Wildman–Crippen LogP) is 0.431. The Bertz CT molecular complexity index is 220. The lowest BCUT2D eigenvalue weighted by Gasteiger charge is -2.04. The summed E-state index contributed by atoms with van der Waals surface area (Å²) >= 11 is 0. The molecule has 0 radical (unpaired) electrons. The monoisotopic (exact) mass is 233 g/mol. The molecule has 0 rings (SSSR count). The van der Waals surface area contributed by atoms with Crippen LogP contribution in [0.3, 0.4) is 0 Å². The van der Waals surface area contributed by atoms with Crippen LogP contribution in [0.2, 0.25) is 0 Å². The number of hydrogen-bond donors (Lipinski definition) is 1. The van der Waals surface area contributed by atoms with E-state index in [1.54, 1.807) is 0 Å². The molecule has 0 spiro atoms. The molecular weight excluding hydrogens is 218 g/mol. The van der Waals surface area contributed by atoms with Crippen molar-refractivity contribution in [2.24, 2.45) is 5.11 Å². The van der Waals surface area contributed by atoms with Crippen molar-refractivity contribution in [3.8, 4) is 0 Å². The van der Waals surface area contributed by atoms with Crippen molar-refractivity contribution < 1.29 is 24.1 Å². The molecule has 0 heterocycles. The maximum atomic E-state index is 10.0. The molecule has 0 atom stereocenters. The Labute approximate surface area is 92.7 Å². The van der Waals surface area contributed by atoms with Gasteiger partial charge in [-0.05, 0) is 5.53 Å². The van der Waals surface area contributed by atoms with Gasteiger partial charge in [0.2, 0.25) is 0 Å². The van der Waals surface area contributed by atoms with E-state index in [0.717, 1.165) is 0 Å². The van der Waals surface area contributed by atoms with Crippen LogP contribution in [0.4, 0.5) is 0 Å². The van der Waals surface area contributed by atoms with E-state index < -0.39 is 5.97 Å². The topological polar surface area (TPSA) is 114 Å². The lowest BCUT2D eigenvalue weighted by Crippen LogP contribution is -2.13. The third kappa shape index (κ3) is 12.7. The average molecular weight is 233 g/mol. The zero-order valence-electron chi connectivity index (χ0n) is 8.87. The van der Waals surface area contributed by atoms with Crippen molar-refractivity contribution in [2.45, 2.75) is 0 Å². The molecule has 8 heteroatoms. The maximum Gasteiger partial charge on any atom is 0.329 e. The van der Waals surface area contributed by atoms with Crippen LogP contribution in [0.25, 0.3) is 10.4 Å². The average Bonchev–Trinajstić information content (AvgIpc) is 2.25. The van der Waals surface area contributed by atoms with Gasteiger partial charge in [0.1, 0.15) is 6.61 Å². The van der Waals surface area contributed by atoms with E-state index in [0.29, 0.717) is 33.0 Å². The van der Waals surface area contributed by atoms with E-state index in [4.69, 9.17) is 24.8 Å². The third-order valence-electron chi connectivity index (χ3n) is 1.37. The van der Waals surface area contributed by atoms with Gasteiger partial charge in [-0.3, -0.25) is 0 Å². The van der Waals surface area contributed by atoms with E-state index >= 15 is 0 Å². The second-order valence-electron chi connectivity index (χ2n) is 2.63. The van der Waals surface area contributed by atoms with Gasteiger partial charge < -0.3 is 19.3 Å². The highest BCUT2D eigenvalue weighted by Gasteiger charge is 1.95. The summed E-state index contributed by atoms with van der Waals surface area (Å²) in [6, 6.07) is 0. The summed E-state index contributed by atoms with van der Waals surface area (Å²) in [5, 5.41) is 11.5. The highest BCUT2D eigenvalue weighted by atomic mass is 16.5. The van der Waals surface area contributed by atoms with Gasteiger partial charge in [-0.1, -0.05) is 5.11 Å². The lowest BCUT2D eigenvalue weighted by molar-refractivity contribution is -0.142. The molecule has 16 heavy (non-hydrogen) atoms. The summed E-state index contributed by atoms with van der Waals surface area (Å²) in [5.41, 5.74) is 7.95. The third-order valence-corrected chi connectivity index (χ3v) is 1.37. The minimum atomic E-state index is -0.999. The van der Waals surface area contributed by atoms with Gasteiger partial charge in [-0.2, -0.15) is 0 Å². The Morgan fingerprint density at radius 1 is 1.12 bits per heavy atom. The predicted molar refractivity (Wildman–Crippen MR) is 54.1 cm³/mol. The van der Waals surface area contributed by atoms with Crippen LogP contribution in [0, 0.1) is 0 Å². The Kier molecular flexibility index (Phi) is 10.8. The normalized spacial score (nSPS) is 9.75. The van der Waals surface area contributed by atoms with Crippen molar-refractivity contribution in [1.82, 2.24) is 0 Å². The number of carboxylic acid groups (broad SMARTS) is 1. The Morgan fingerprint density at radius 2 is 1.69 bits per heavy atom. The van der Waals surface area contributed by atoms with Gasteiger partial charge in [-0.25, -0.2) is 4.79 Å². The maximum absolute atomic E-state index is 10.0. The summed E-state index contributed by atoms with van der Waals surface area (Å²) in [4.78, 5) is 12.6. The van der Waals surface area contributed by atoms with Crippen molar-refractivity contribution in [1.29, 1.82) is 0 Å². The minimum absolute atomic E-state index is 0.241. The first-order valence-electron chi connectivity index (χ1n) is 4.73. The van der Waals surface area contributed by atoms with E-state index in [2.05, 4.69) is 10.0 Å². The minimum Gasteiger partial charge on any atom is -0.480 e. The highest BCUT2D eigenvalue weighted by molar-refractivity contribution is 5.67. The van der Waals surface area contributed by atoms with E-state index in [-0.39, 0.29) is 13.2 Å². The number of carboxylic acids is 1. The van der Waals surface area contributed by atoms with E-state index in [1.807, 2.05) is 0 Å². The van der Waals surface area contributed by atoms with Crippen molar-refractivity contribution in [3.63, 3.8) is 0 Å². The van der Waals surface area contributed by atoms with Gasteiger partial charge in [-0.15, -0.1) is 0 Å². The smallest absolute Gasteiger partial charge is 0.329 e. The molecule has 0 aliphatic carbocycles. The molecule has 0 bridgehead atoms. The molecular formula is C8H15N3O5. The van der Waals surface area contributed by atoms with Crippen LogP contribution in [0.15, 0.2) is 5.11 Å². The Morgan fingerprint density at radius 3 is 2.25 bits per heavy atom. The van der Waals surface area contributed by atoms with Crippen molar-refractivity contribution >= 4 is 5.97 Å². The number of nitrogens with zero attached hydrogens (tertiary/aromatic N) is 3. The van der Waals surface area contributed by atoms with E-state index in [9.17, 15) is 4.79 Å². The summed E-state index contributed by atoms with van der Waals surface area (Å²) in [6.45, 7) is 1.72. The number of hydrogen-bond acceptors (Lipinski definition) is 5. The molecule has 0 aromatic carbocycles. The SMILES string of the molecule is [N-]=[N+]=NCCOCCOCCOCC(=O)O. The zero-order valence-corrected chi connectivity index (χ0v) is 8.87. The van der Waals surface area contributed by atoms with Crippen LogP contribution in [0.1, 0.15) is 0 Å². The second-order valence-corrected chi connectivity index (χ2v) is 2.63. The molecule has 0 fully saturated rings. The largest absolute Gasteiger partial charge is 0.480 e. The first-order chi connectivity index (χ1) is 7.77. The van der Waals surface area contributed by atoms with Crippen LogP contribution >= 0.6 is 0 Å². The summed E-state index contributed by atoms with van der Waals surface area (Å²) in [5.74, 6) is -0.999. The van der Waals surface area contributed by atoms with Gasteiger partial charge in [0.25, 0.3) is 0 Å². The van der Waals surface area contributed by atoms with Gasteiger partial charge in [0.05, 0.1) is 33.0 Å². The van der Waals surface area contributed by atoms with Gasteiger partial charge in [0.15, 0.2) is 0 Å². The standard InChI is InChI=1S/C8H15N3O5/c9-11-10-1-2-14-3-4-15-5-6-16-7-8(12)13/h1-7H2,(H,12,13). The summed E-state index contributed by atoms with van der Waals surface area (Å²) in [7, 11) is 0. The molecule has 0 saturated carbocycles. The van der Waals surface area contributed by atoms with Crippen LogP contribution in [-0.2, 0) is 19.0 Å². The second kappa shape index (κ2) is 11.7. The molecule has 0 aromatic heterocycles. The quantitative estimate of drug-likeness (QED) is 0.240. The lowest BCUT2D eigenvalue weighted by atomic mass is 10.7. The molecule has 0 unspecified atom stereocenters. The number of aliphatic carboxylic acids is 1. The fraction of sp³-hybridized carbons (Fsp3) is 0.875. The molecule has 0 amide bonds. The summed E-state index contributed by atoms with van der Waals surface area (Å²) < 4.78 is 14.9. The van der Waals surface area contributed by atoms with E-state index in [1.165, 1.54) is 0 Å². The van der Waals surface area contributed by atoms with Crippen molar-refractivity contribution in [3.05, 3.63) is 10.4 Å². The first kappa shape index (κ1) is 14.7. The number of rotatable bonds is 11. The van der Waals surface area contributed by atoms with Crippen LogP contribution < -0.4 is 0 Å². The Balaban J connectivity index is 2.98. The number of ether oxygens (including phenoxy) is 3. The molecule has 0 saturated heterocycles. The molecule has 92 valence electrons. The fourth-order valence-electron chi connectivity index (χ4n) is 0.749. The summed E-state index contributed by atoms with van der Waals surface area (Å²) in [6.07, 6.45) is 0. The fourth-order valence-corrected chi connectivity index (χ4v) is 0.749. The molecule has 1 N–H and O–H groups in total. The molecule has 0 aliphatic heterocycles. The number of azide groups is 1. The zero-order chi connectivity index (χ0) is 12.1. The highest BCUT2D eigenvalue weighted by Crippen LogP contribution is 1.82. The van der Waals surface area contributed by atoms with Crippen LogP contribution in [-0.4, -0.2) is 57.3 Å². The van der Waals surface area contributed by atoms with Crippen LogP contribution in [0.5, 0.6) is 0 Å². The molecule has 0 aromatic rings. The van der Waals surface area contributed by atoms with Gasteiger partial charge in [0, 0.05) is 11.5 Å². The number of carbonyl (C=O) groups is 1. The molecule has 8 nitrogen and oxygen atoms in total. The van der Waals surface area contributed by atoms with Crippen molar-refractivity contribution in [2.75, 3.05) is 46.2 Å². The first-order valence-corrected chi connectivity index (χ1v) is 4.73.